The number of benzene rings is 5. The van der Waals surface area contributed by atoms with Gasteiger partial charge in [0.05, 0.1) is 56.2 Å². The first-order valence-corrected chi connectivity index (χ1v) is 20.0. The molecule has 0 unspecified atom stereocenters. The number of fused-ring (bicyclic) bond motifs is 5. The highest BCUT2D eigenvalue weighted by Gasteiger charge is 2.40. The Morgan fingerprint density at radius 1 is 0.696 bits per heavy atom. The molecule has 7 rings (SSSR count). The van der Waals surface area contributed by atoms with E-state index in [1.165, 1.54) is 16.3 Å². The van der Waals surface area contributed by atoms with E-state index < -0.39 is 19.6 Å². The summed E-state index contributed by atoms with van der Waals surface area (Å²) in [6.45, 7) is 11.6. The highest BCUT2D eigenvalue weighted by Crippen LogP contribution is 2.54. The molecule has 0 radical (unpaired) electrons. The van der Waals surface area contributed by atoms with Crippen LogP contribution < -0.4 is 10.1 Å². The maximum Gasteiger partial charge on any atom is 0.199 e. The molecule has 8 heteroatoms. The molecular weight excluding hydrogens is 672 g/mol. The Morgan fingerprint density at radius 3 is 1.91 bits per heavy atom. The van der Waals surface area contributed by atoms with Gasteiger partial charge in [0, 0.05) is 11.1 Å². The SMILES string of the molecule is CC1(C)c2ccccc2N(c2ccc([Si](C)(C)C)cc2)c2ccc3cc(C=C4C(=O)c5c(Cl)c(Cl)c(Cl)c(Cl)c5C4=O)ccc3c21. The lowest BCUT2D eigenvalue weighted by molar-refractivity contribution is 0.0990. The molecular formula is C38H29Cl4NO2Si. The van der Waals surface area contributed by atoms with E-state index in [0.29, 0.717) is 5.56 Å². The quantitative estimate of drug-likeness (QED) is 0.0618. The van der Waals surface area contributed by atoms with E-state index in [1.807, 2.05) is 12.1 Å². The number of hydrogen-bond donors (Lipinski definition) is 0. The topological polar surface area (TPSA) is 37.4 Å². The van der Waals surface area contributed by atoms with Crippen LogP contribution in [0.4, 0.5) is 17.1 Å². The summed E-state index contributed by atoms with van der Waals surface area (Å²) >= 11 is 25.1. The fourth-order valence-corrected chi connectivity index (χ4v) is 9.04. The van der Waals surface area contributed by atoms with E-state index in [2.05, 4.69) is 105 Å². The zero-order valence-corrected chi connectivity index (χ0v) is 29.9. The Kier molecular flexibility index (Phi) is 7.35. The predicted octanol–water partition coefficient (Wildman–Crippen LogP) is 11.6. The Bertz CT molecular complexity index is 2150. The summed E-state index contributed by atoms with van der Waals surface area (Å²) in [7, 11) is -1.46. The maximum absolute atomic E-state index is 13.4. The molecule has 0 saturated carbocycles. The van der Waals surface area contributed by atoms with Gasteiger partial charge in [-0.15, -0.1) is 0 Å². The summed E-state index contributed by atoms with van der Waals surface area (Å²) in [5.74, 6) is -1.05. The van der Waals surface area contributed by atoms with Gasteiger partial charge < -0.3 is 4.90 Å². The number of carbonyl (C=O) groups is 2. The molecule has 0 fully saturated rings. The molecule has 230 valence electrons. The number of halogens is 4. The minimum Gasteiger partial charge on any atom is -0.310 e. The molecule has 0 amide bonds. The fourth-order valence-electron chi connectivity index (χ4n) is 6.85. The zero-order chi connectivity index (χ0) is 32.9. The highest BCUT2D eigenvalue weighted by molar-refractivity contribution is 6.88. The van der Waals surface area contributed by atoms with Gasteiger partial charge in [0.15, 0.2) is 11.6 Å². The summed E-state index contributed by atoms with van der Waals surface area (Å²) in [5.41, 5.74) is 6.20. The Labute approximate surface area is 289 Å². The Morgan fingerprint density at radius 2 is 1.30 bits per heavy atom. The molecule has 0 saturated heterocycles. The van der Waals surface area contributed by atoms with Crippen LogP contribution in [-0.2, 0) is 5.41 Å². The standard InChI is InChI=1S/C38H29Cl4NO2Si/c1-38(2)26-8-6-7-9-27(26)43(22-12-14-23(15-13-22)46(3,4)5)28-17-11-21-18-20(10-16-24(21)31(28)38)19-25-36(44)29-30(37(25)45)33(40)35(42)34(41)32(29)39/h6-19H,1-5H3. The van der Waals surface area contributed by atoms with Crippen molar-refractivity contribution >= 4 is 105 Å². The molecule has 0 aromatic heterocycles. The third-order valence-electron chi connectivity index (χ3n) is 9.22. The second-order valence-electron chi connectivity index (χ2n) is 13.4. The number of anilines is 3. The van der Waals surface area contributed by atoms with Gasteiger partial charge in [0.2, 0.25) is 0 Å². The van der Waals surface area contributed by atoms with Crippen molar-refractivity contribution < 1.29 is 9.59 Å². The van der Waals surface area contributed by atoms with E-state index in [4.69, 9.17) is 46.4 Å². The van der Waals surface area contributed by atoms with Gasteiger partial charge in [-0.3, -0.25) is 9.59 Å². The molecule has 5 aromatic rings. The number of allylic oxidation sites excluding steroid dienone is 1. The fraction of sp³-hybridized carbons (Fsp3) is 0.158. The van der Waals surface area contributed by atoms with Gasteiger partial charge in [-0.2, -0.15) is 0 Å². The van der Waals surface area contributed by atoms with Crippen molar-refractivity contribution in [1.82, 2.24) is 0 Å². The number of ketones is 2. The smallest absolute Gasteiger partial charge is 0.199 e. The van der Waals surface area contributed by atoms with E-state index in [1.54, 1.807) is 6.08 Å². The van der Waals surface area contributed by atoms with Gasteiger partial charge in [-0.25, -0.2) is 0 Å². The number of para-hydroxylation sites is 1. The molecule has 1 aliphatic heterocycles. The van der Waals surface area contributed by atoms with Crippen molar-refractivity contribution in [2.24, 2.45) is 0 Å². The van der Waals surface area contributed by atoms with Gasteiger partial charge in [0.25, 0.3) is 0 Å². The van der Waals surface area contributed by atoms with Crippen molar-refractivity contribution in [3.05, 3.63) is 132 Å². The van der Waals surface area contributed by atoms with E-state index in [9.17, 15) is 9.59 Å². The average Bonchev–Trinajstić information content (AvgIpc) is 3.27. The number of Topliss-reactive ketones (excluding diaryl/α,β-unsaturated/α-hetero) is 2. The molecule has 46 heavy (non-hydrogen) atoms. The van der Waals surface area contributed by atoms with Crippen molar-refractivity contribution in [3.63, 3.8) is 0 Å². The lowest BCUT2D eigenvalue weighted by Crippen LogP contribution is -2.37. The molecule has 0 spiro atoms. The van der Waals surface area contributed by atoms with Crippen LogP contribution in [-0.4, -0.2) is 19.6 Å². The first kappa shape index (κ1) is 31.2. The summed E-state index contributed by atoms with van der Waals surface area (Å²) in [5, 5.41) is 3.28. The van der Waals surface area contributed by atoms with Crippen molar-refractivity contribution in [2.45, 2.75) is 38.9 Å². The first-order chi connectivity index (χ1) is 21.7. The van der Waals surface area contributed by atoms with Crippen LogP contribution in [0.15, 0.2) is 84.4 Å². The van der Waals surface area contributed by atoms with Crippen molar-refractivity contribution in [3.8, 4) is 0 Å². The third kappa shape index (κ3) is 4.61. The molecule has 0 N–H and O–H groups in total. The minimum absolute atomic E-state index is 0.00874. The van der Waals surface area contributed by atoms with Crippen molar-refractivity contribution in [1.29, 1.82) is 0 Å². The van der Waals surface area contributed by atoms with Gasteiger partial charge in [-0.05, 0) is 63.9 Å². The van der Waals surface area contributed by atoms with Crippen molar-refractivity contribution in [2.75, 3.05) is 4.90 Å². The van der Waals surface area contributed by atoms with Gasteiger partial charge in [0.1, 0.15) is 0 Å². The number of rotatable bonds is 3. The molecule has 0 bridgehead atoms. The monoisotopic (exact) mass is 699 g/mol. The summed E-state index contributed by atoms with van der Waals surface area (Å²) < 4.78 is 0. The number of carbonyl (C=O) groups excluding carboxylic acids is 2. The molecule has 1 aliphatic carbocycles. The average molecular weight is 702 g/mol. The van der Waals surface area contributed by atoms with Crippen LogP contribution in [0.5, 0.6) is 0 Å². The molecule has 3 nitrogen and oxygen atoms in total. The Hall–Kier alpha value is -3.38. The molecule has 5 aromatic carbocycles. The highest BCUT2D eigenvalue weighted by atomic mass is 35.5. The van der Waals surface area contributed by atoms with Crippen LogP contribution in [0.3, 0.4) is 0 Å². The first-order valence-electron chi connectivity index (χ1n) is 15.0. The summed E-state index contributed by atoms with van der Waals surface area (Å²) in [6, 6.07) is 27.9. The molecule has 1 heterocycles. The van der Waals surface area contributed by atoms with Crippen LogP contribution in [0.1, 0.15) is 51.3 Å². The van der Waals surface area contributed by atoms with Crippen LogP contribution in [0, 0.1) is 0 Å². The zero-order valence-electron chi connectivity index (χ0n) is 25.9. The van der Waals surface area contributed by atoms with Crippen LogP contribution in [0.25, 0.3) is 16.8 Å². The van der Waals surface area contributed by atoms with E-state index in [0.717, 1.165) is 27.8 Å². The Balaban J connectivity index is 1.37. The summed E-state index contributed by atoms with van der Waals surface area (Å²) in [6.07, 6.45) is 1.59. The molecule has 0 atom stereocenters. The van der Waals surface area contributed by atoms with Crippen LogP contribution >= 0.6 is 46.4 Å². The number of hydrogen-bond acceptors (Lipinski definition) is 3. The number of nitrogens with zero attached hydrogens (tertiary/aromatic N) is 1. The largest absolute Gasteiger partial charge is 0.310 e. The molecule has 2 aliphatic rings. The predicted molar refractivity (Wildman–Crippen MR) is 197 cm³/mol. The maximum atomic E-state index is 13.4. The minimum atomic E-state index is -1.46. The second kappa shape index (κ2) is 10.8. The lowest BCUT2D eigenvalue weighted by Gasteiger charge is -2.42. The van der Waals surface area contributed by atoms with E-state index in [-0.39, 0.29) is 42.2 Å². The van der Waals surface area contributed by atoms with Gasteiger partial charge in [-0.1, -0.05) is 134 Å². The van der Waals surface area contributed by atoms with E-state index >= 15 is 0 Å². The normalized spacial score (nSPS) is 15.2. The van der Waals surface area contributed by atoms with Gasteiger partial charge >= 0.3 is 0 Å². The third-order valence-corrected chi connectivity index (χ3v) is 13.1. The lowest BCUT2D eigenvalue weighted by atomic mass is 9.71. The van der Waals surface area contributed by atoms with Crippen LogP contribution in [0.2, 0.25) is 39.7 Å². The summed E-state index contributed by atoms with van der Waals surface area (Å²) in [4.78, 5) is 29.2. The second-order valence-corrected chi connectivity index (χ2v) is 20.0.